The fraction of sp³-hybridized carbons (Fsp3) is 0.182. The van der Waals surface area contributed by atoms with Crippen LogP contribution in [0.25, 0.3) is 0 Å². The van der Waals surface area contributed by atoms with Crippen molar-refractivity contribution < 1.29 is 25.3 Å². The Labute approximate surface area is 91.8 Å². The van der Waals surface area contributed by atoms with Crippen LogP contribution in [-0.4, -0.2) is 18.8 Å². The van der Waals surface area contributed by atoms with Crippen molar-refractivity contribution in [1.82, 2.24) is 0 Å². The van der Waals surface area contributed by atoms with E-state index in [4.69, 9.17) is 9.47 Å². The summed E-state index contributed by atoms with van der Waals surface area (Å²) in [6, 6.07) is 7.54. The molecule has 0 aromatic heterocycles. The Morgan fingerprint density at radius 1 is 1.21 bits per heavy atom. The van der Waals surface area contributed by atoms with E-state index in [-0.39, 0.29) is 0 Å². The summed E-state index contributed by atoms with van der Waals surface area (Å²) in [5, 5.41) is 0. The Bertz CT molecular complexity index is 371. The molecule has 0 aliphatic heterocycles. The molecule has 3 heteroatoms. The molecule has 0 bridgehead atoms. The van der Waals surface area contributed by atoms with Crippen LogP contribution in [0.3, 0.4) is 0 Å². The molecular weight excluding hydrogens is 216 g/mol. The molecular formula is C11H10CrO2. The average molecular weight is 226 g/mol. The summed E-state index contributed by atoms with van der Waals surface area (Å²) in [5.41, 5.74) is 0.926. The molecule has 1 rings (SSSR count). The fourth-order valence-electron chi connectivity index (χ4n) is 0.849. The van der Waals surface area contributed by atoms with Crippen LogP contribution in [0.15, 0.2) is 24.3 Å². The van der Waals surface area contributed by atoms with Crippen LogP contribution >= 0.6 is 0 Å². The first-order valence-corrected chi connectivity index (χ1v) is 4.64. The maximum atomic E-state index is 5.03. The van der Waals surface area contributed by atoms with Gasteiger partial charge in [0.2, 0.25) is 0 Å². The monoisotopic (exact) mass is 226 g/mol. The average Bonchev–Trinajstić information content (AvgIpc) is 2.26. The van der Waals surface area contributed by atoms with Crippen LogP contribution in [0, 0.1) is 11.8 Å². The molecule has 0 saturated carbocycles. The first-order chi connectivity index (χ1) is 6.76. The van der Waals surface area contributed by atoms with Crippen molar-refractivity contribution in [2.24, 2.45) is 0 Å². The number of rotatable bonds is 2. The van der Waals surface area contributed by atoms with Crippen molar-refractivity contribution in [3.8, 4) is 17.6 Å². The van der Waals surface area contributed by atoms with E-state index in [1.54, 1.807) is 14.2 Å². The minimum atomic E-state index is 0.584. The molecule has 72 valence electrons. The molecule has 0 atom stereocenters. The number of ether oxygens (including phenoxy) is 2. The topological polar surface area (TPSA) is 18.5 Å². The maximum absolute atomic E-state index is 5.03. The SMILES string of the molecule is CO[C](=[Cr])C#Cc1ccc(OC)cc1. The fourth-order valence-corrected chi connectivity index (χ4v) is 0.928. The zero-order valence-electron chi connectivity index (χ0n) is 8.03. The van der Waals surface area contributed by atoms with Gasteiger partial charge in [0.05, 0.1) is 0 Å². The minimum absolute atomic E-state index is 0.584. The van der Waals surface area contributed by atoms with Crippen molar-refractivity contribution in [1.29, 1.82) is 0 Å². The Morgan fingerprint density at radius 2 is 1.86 bits per heavy atom. The van der Waals surface area contributed by atoms with Gasteiger partial charge in [-0.15, -0.1) is 0 Å². The van der Waals surface area contributed by atoms with Gasteiger partial charge < -0.3 is 0 Å². The van der Waals surface area contributed by atoms with Crippen LogP contribution in [0.2, 0.25) is 0 Å². The van der Waals surface area contributed by atoms with Crippen LogP contribution in [0.1, 0.15) is 5.56 Å². The molecule has 0 heterocycles. The Morgan fingerprint density at radius 3 is 2.36 bits per heavy atom. The first-order valence-electron chi connectivity index (χ1n) is 4.00. The Kier molecular flexibility index (Phi) is 4.43. The summed E-state index contributed by atoms with van der Waals surface area (Å²) < 4.78 is 10.5. The zero-order chi connectivity index (χ0) is 10.4. The van der Waals surface area contributed by atoms with Gasteiger partial charge in [-0.25, -0.2) is 0 Å². The molecule has 2 nitrogen and oxygen atoms in total. The molecule has 0 amide bonds. The molecule has 0 radical (unpaired) electrons. The van der Waals surface area contributed by atoms with Gasteiger partial charge in [-0.2, -0.15) is 0 Å². The first kappa shape index (κ1) is 11.0. The van der Waals surface area contributed by atoms with Gasteiger partial charge in [-0.1, -0.05) is 0 Å². The Balaban J connectivity index is 2.76. The van der Waals surface area contributed by atoms with E-state index in [0.29, 0.717) is 4.57 Å². The van der Waals surface area contributed by atoms with Crippen LogP contribution in [0.4, 0.5) is 0 Å². The summed E-state index contributed by atoms with van der Waals surface area (Å²) in [6.07, 6.45) is 0. The van der Waals surface area contributed by atoms with Gasteiger partial charge >= 0.3 is 91.5 Å². The van der Waals surface area contributed by atoms with Gasteiger partial charge in [0, 0.05) is 0 Å². The summed E-state index contributed by atoms with van der Waals surface area (Å²) >= 11 is 2.72. The second kappa shape index (κ2) is 5.63. The molecule has 0 fully saturated rings. The number of methoxy groups -OCH3 is 2. The van der Waals surface area contributed by atoms with Crippen molar-refractivity contribution in [3.63, 3.8) is 0 Å². The molecule has 1 aromatic carbocycles. The second-order valence-corrected chi connectivity index (χ2v) is 3.05. The van der Waals surface area contributed by atoms with Crippen LogP contribution in [0.5, 0.6) is 5.75 Å². The summed E-state index contributed by atoms with van der Waals surface area (Å²) in [6.45, 7) is 0. The predicted molar refractivity (Wildman–Crippen MR) is 51.9 cm³/mol. The van der Waals surface area contributed by atoms with Crippen LogP contribution in [-0.2, 0) is 20.6 Å². The number of hydrogen-bond donors (Lipinski definition) is 0. The van der Waals surface area contributed by atoms with Gasteiger partial charge in [-0.05, 0) is 0 Å². The van der Waals surface area contributed by atoms with Gasteiger partial charge in [-0.3, -0.25) is 0 Å². The third kappa shape index (κ3) is 3.36. The van der Waals surface area contributed by atoms with Crippen molar-refractivity contribution in [3.05, 3.63) is 29.8 Å². The van der Waals surface area contributed by atoms with E-state index in [2.05, 4.69) is 27.7 Å². The second-order valence-electron chi connectivity index (χ2n) is 2.47. The summed E-state index contributed by atoms with van der Waals surface area (Å²) in [5.74, 6) is 6.61. The van der Waals surface area contributed by atoms with E-state index >= 15 is 0 Å². The molecule has 0 unspecified atom stereocenters. The van der Waals surface area contributed by atoms with E-state index < -0.39 is 0 Å². The normalized spacial score (nSPS) is 8.71. The molecule has 14 heavy (non-hydrogen) atoms. The third-order valence-corrected chi connectivity index (χ3v) is 2.00. The quantitative estimate of drug-likeness (QED) is 0.709. The van der Waals surface area contributed by atoms with Crippen molar-refractivity contribution in [2.75, 3.05) is 14.2 Å². The molecule has 0 spiro atoms. The summed E-state index contributed by atoms with van der Waals surface area (Å²) in [7, 11) is 3.22. The van der Waals surface area contributed by atoms with Crippen LogP contribution < -0.4 is 4.74 Å². The van der Waals surface area contributed by atoms with Gasteiger partial charge in [0.25, 0.3) is 0 Å². The molecule has 0 saturated heterocycles. The molecule has 1 aromatic rings. The zero-order valence-corrected chi connectivity index (χ0v) is 9.31. The van der Waals surface area contributed by atoms with Crippen molar-refractivity contribution in [2.45, 2.75) is 0 Å². The number of hydrogen-bond acceptors (Lipinski definition) is 2. The number of benzene rings is 1. The molecule has 0 N–H and O–H groups in total. The summed E-state index contributed by atoms with van der Waals surface area (Å²) in [4.78, 5) is 0. The van der Waals surface area contributed by atoms with Gasteiger partial charge in [0.1, 0.15) is 0 Å². The molecule has 0 aliphatic carbocycles. The van der Waals surface area contributed by atoms with E-state index in [0.717, 1.165) is 11.3 Å². The van der Waals surface area contributed by atoms with E-state index in [1.807, 2.05) is 24.3 Å². The Hall–Kier alpha value is -1.06. The third-order valence-electron chi connectivity index (χ3n) is 1.58. The van der Waals surface area contributed by atoms with E-state index in [1.165, 1.54) is 0 Å². The van der Waals surface area contributed by atoms with Crippen molar-refractivity contribution >= 4 is 4.57 Å². The molecule has 0 aliphatic rings. The van der Waals surface area contributed by atoms with E-state index in [9.17, 15) is 0 Å². The predicted octanol–water partition coefficient (Wildman–Crippen LogP) is 1.37. The van der Waals surface area contributed by atoms with Gasteiger partial charge in [0.15, 0.2) is 0 Å². The standard InChI is InChI=1S/C11H10O2.Cr/c1-12-9-3-4-10-5-7-11(13-2)8-6-10;/h5-8H,1-2H3;.